The highest BCUT2D eigenvalue weighted by Gasteiger charge is 2.09. The van der Waals surface area contributed by atoms with Crippen molar-refractivity contribution in [1.29, 1.82) is 0 Å². The Labute approximate surface area is 119 Å². The van der Waals surface area contributed by atoms with Crippen molar-refractivity contribution >= 4 is 21.8 Å². The highest BCUT2D eigenvalue weighted by atomic mass is 79.9. The molecule has 1 aromatic heterocycles. The molecular formula is C14H13BrN2O2. The minimum atomic E-state index is -0.170. The fourth-order valence-electron chi connectivity index (χ4n) is 1.50. The largest absolute Gasteiger partial charge is 0.492 e. The van der Waals surface area contributed by atoms with Gasteiger partial charge in [0.2, 0.25) is 0 Å². The van der Waals surface area contributed by atoms with Crippen LogP contribution >= 0.6 is 15.9 Å². The van der Waals surface area contributed by atoms with Crippen molar-refractivity contribution < 1.29 is 9.53 Å². The summed E-state index contributed by atoms with van der Waals surface area (Å²) in [6.45, 7) is 0.864. The fourth-order valence-corrected chi connectivity index (χ4v) is 1.93. The van der Waals surface area contributed by atoms with Gasteiger partial charge in [-0.25, -0.2) is 4.98 Å². The predicted octanol–water partition coefficient (Wildman–Crippen LogP) is 2.65. The van der Waals surface area contributed by atoms with E-state index in [9.17, 15) is 4.79 Å². The molecule has 5 heteroatoms. The van der Waals surface area contributed by atoms with Crippen molar-refractivity contribution in [2.24, 2.45) is 0 Å². The highest BCUT2D eigenvalue weighted by molar-refractivity contribution is 9.10. The molecule has 2 aromatic rings. The van der Waals surface area contributed by atoms with E-state index in [1.54, 1.807) is 18.3 Å². The van der Waals surface area contributed by atoms with Crippen LogP contribution in [0.2, 0.25) is 0 Å². The number of carbonyl (C=O) groups is 1. The number of aromatic nitrogens is 1. The normalized spacial score (nSPS) is 9.95. The van der Waals surface area contributed by atoms with E-state index in [4.69, 9.17) is 4.74 Å². The number of para-hydroxylation sites is 1. The molecule has 0 aliphatic rings. The van der Waals surface area contributed by atoms with E-state index in [-0.39, 0.29) is 5.91 Å². The minimum absolute atomic E-state index is 0.170. The van der Waals surface area contributed by atoms with Crippen molar-refractivity contribution in [3.05, 3.63) is 58.8 Å². The van der Waals surface area contributed by atoms with Gasteiger partial charge in [0.25, 0.3) is 5.91 Å². The van der Waals surface area contributed by atoms with E-state index in [2.05, 4.69) is 26.2 Å². The molecule has 0 saturated heterocycles. The molecule has 0 aliphatic heterocycles. The number of hydrogen-bond acceptors (Lipinski definition) is 3. The zero-order valence-electron chi connectivity index (χ0n) is 10.2. The molecule has 4 nitrogen and oxygen atoms in total. The van der Waals surface area contributed by atoms with Crippen molar-refractivity contribution in [3.63, 3.8) is 0 Å². The third kappa shape index (κ3) is 4.06. The first kappa shape index (κ1) is 13.5. The summed E-state index contributed by atoms with van der Waals surface area (Å²) in [7, 11) is 0. The minimum Gasteiger partial charge on any atom is -0.492 e. The van der Waals surface area contributed by atoms with Crippen molar-refractivity contribution in [2.45, 2.75) is 0 Å². The molecule has 0 aliphatic carbocycles. The number of benzene rings is 1. The summed E-state index contributed by atoms with van der Waals surface area (Å²) in [4.78, 5) is 15.8. The lowest BCUT2D eigenvalue weighted by molar-refractivity contribution is 0.0946. The van der Waals surface area contributed by atoms with Crippen LogP contribution in [0.1, 0.15) is 10.4 Å². The molecule has 1 heterocycles. The Morgan fingerprint density at radius 1 is 1.21 bits per heavy atom. The van der Waals surface area contributed by atoms with Gasteiger partial charge in [-0.05, 0) is 40.2 Å². The highest BCUT2D eigenvalue weighted by Crippen LogP contribution is 2.12. The first-order chi connectivity index (χ1) is 9.27. The summed E-state index contributed by atoms with van der Waals surface area (Å²) in [5, 5.41) is 2.78. The molecule has 0 saturated carbocycles. The van der Waals surface area contributed by atoms with Crippen LogP contribution in [0, 0.1) is 0 Å². The predicted molar refractivity (Wildman–Crippen MR) is 76.2 cm³/mol. The second-order valence-corrected chi connectivity index (χ2v) is 4.51. The summed E-state index contributed by atoms with van der Waals surface area (Å²) in [6.07, 6.45) is 1.62. The van der Waals surface area contributed by atoms with E-state index in [0.717, 1.165) is 5.75 Å². The van der Waals surface area contributed by atoms with Crippen LogP contribution in [0.25, 0.3) is 0 Å². The van der Waals surface area contributed by atoms with Gasteiger partial charge in [-0.3, -0.25) is 4.79 Å². The standard InChI is InChI=1S/C14H13BrN2O2/c15-13-12(7-4-8-16-13)14(18)17-9-10-19-11-5-2-1-3-6-11/h1-8H,9-10H2,(H,17,18). The Kier molecular flexibility index (Phi) is 4.92. The van der Waals surface area contributed by atoms with Crippen LogP contribution in [-0.2, 0) is 0 Å². The lowest BCUT2D eigenvalue weighted by Gasteiger charge is -2.08. The van der Waals surface area contributed by atoms with Gasteiger partial charge in [0.1, 0.15) is 17.0 Å². The summed E-state index contributed by atoms with van der Waals surface area (Å²) >= 11 is 3.24. The second-order valence-electron chi connectivity index (χ2n) is 3.76. The Bertz CT molecular complexity index is 546. The first-order valence-electron chi connectivity index (χ1n) is 5.84. The molecule has 1 N–H and O–H groups in total. The smallest absolute Gasteiger partial charge is 0.254 e. The Balaban J connectivity index is 1.77. The zero-order valence-corrected chi connectivity index (χ0v) is 11.8. The van der Waals surface area contributed by atoms with Crippen LogP contribution in [0.4, 0.5) is 0 Å². The molecule has 2 rings (SSSR count). The lowest BCUT2D eigenvalue weighted by atomic mass is 10.3. The molecule has 0 radical (unpaired) electrons. The monoisotopic (exact) mass is 320 g/mol. The van der Waals surface area contributed by atoms with E-state index < -0.39 is 0 Å². The maximum Gasteiger partial charge on any atom is 0.254 e. The van der Waals surface area contributed by atoms with Gasteiger partial charge in [-0.2, -0.15) is 0 Å². The number of carbonyl (C=O) groups excluding carboxylic acids is 1. The average molecular weight is 321 g/mol. The maximum absolute atomic E-state index is 11.8. The van der Waals surface area contributed by atoms with Gasteiger partial charge >= 0.3 is 0 Å². The molecule has 98 valence electrons. The summed E-state index contributed by atoms with van der Waals surface area (Å²) in [6, 6.07) is 12.9. The molecule has 0 spiro atoms. The number of ether oxygens (including phenoxy) is 1. The molecule has 1 aromatic carbocycles. The topological polar surface area (TPSA) is 51.2 Å². The molecule has 0 fully saturated rings. The Morgan fingerprint density at radius 3 is 2.74 bits per heavy atom. The second kappa shape index (κ2) is 6.89. The number of halogens is 1. The van der Waals surface area contributed by atoms with Crippen molar-refractivity contribution in [2.75, 3.05) is 13.2 Å². The van der Waals surface area contributed by atoms with Crippen LogP contribution in [0.5, 0.6) is 5.75 Å². The van der Waals surface area contributed by atoms with Crippen molar-refractivity contribution in [1.82, 2.24) is 10.3 Å². The van der Waals surface area contributed by atoms with Gasteiger partial charge in [0.15, 0.2) is 0 Å². The van der Waals surface area contributed by atoms with Crippen molar-refractivity contribution in [3.8, 4) is 5.75 Å². The Morgan fingerprint density at radius 2 is 2.00 bits per heavy atom. The molecule has 0 bridgehead atoms. The number of amides is 1. The average Bonchev–Trinajstić information content (AvgIpc) is 2.45. The lowest BCUT2D eigenvalue weighted by Crippen LogP contribution is -2.28. The number of rotatable bonds is 5. The number of hydrogen-bond donors (Lipinski definition) is 1. The van der Waals surface area contributed by atoms with E-state index >= 15 is 0 Å². The third-order valence-corrected chi connectivity index (χ3v) is 3.04. The van der Waals surface area contributed by atoms with E-state index in [0.29, 0.717) is 23.3 Å². The molecule has 0 atom stereocenters. The van der Waals surface area contributed by atoms with Gasteiger partial charge in [0, 0.05) is 6.20 Å². The third-order valence-electron chi connectivity index (χ3n) is 2.40. The van der Waals surface area contributed by atoms with Gasteiger partial charge in [-0.1, -0.05) is 18.2 Å². The molecular weight excluding hydrogens is 308 g/mol. The van der Waals surface area contributed by atoms with Gasteiger partial charge in [-0.15, -0.1) is 0 Å². The van der Waals surface area contributed by atoms with Gasteiger partial charge < -0.3 is 10.1 Å². The molecule has 1 amide bonds. The molecule has 19 heavy (non-hydrogen) atoms. The number of nitrogens with zero attached hydrogens (tertiary/aromatic N) is 1. The quantitative estimate of drug-likeness (QED) is 0.680. The maximum atomic E-state index is 11.8. The van der Waals surface area contributed by atoms with E-state index in [1.807, 2.05) is 30.3 Å². The van der Waals surface area contributed by atoms with Crippen LogP contribution in [0.15, 0.2) is 53.3 Å². The summed E-state index contributed by atoms with van der Waals surface area (Å²) in [5.41, 5.74) is 0.516. The van der Waals surface area contributed by atoms with E-state index in [1.165, 1.54) is 0 Å². The van der Waals surface area contributed by atoms with Crippen LogP contribution in [-0.4, -0.2) is 24.0 Å². The Hall–Kier alpha value is -1.88. The summed E-state index contributed by atoms with van der Waals surface area (Å²) in [5.74, 6) is 0.621. The van der Waals surface area contributed by atoms with Crippen LogP contribution in [0.3, 0.4) is 0 Å². The van der Waals surface area contributed by atoms with Crippen LogP contribution < -0.4 is 10.1 Å². The number of pyridine rings is 1. The first-order valence-corrected chi connectivity index (χ1v) is 6.63. The summed E-state index contributed by atoms with van der Waals surface area (Å²) < 4.78 is 6.02. The number of nitrogens with one attached hydrogen (secondary N) is 1. The SMILES string of the molecule is O=C(NCCOc1ccccc1)c1cccnc1Br. The van der Waals surface area contributed by atoms with Gasteiger partial charge in [0.05, 0.1) is 12.1 Å². The zero-order chi connectivity index (χ0) is 13.5. The fraction of sp³-hybridized carbons (Fsp3) is 0.143. The molecule has 0 unspecified atom stereocenters.